The average molecular weight is 723 g/mol. The Balaban J connectivity index is 3.38. The Morgan fingerprint density at radius 3 is 1.27 bits per heavy atom. The number of unbranched alkanes of at least 4 members (excludes halogenated alkanes) is 31. The second kappa shape index (κ2) is 41.6. The van der Waals surface area contributed by atoms with E-state index >= 15 is 0 Å². The maximum atomic E-state index is 12.0. The number of ether oxygens (including phenoxy) is 1. The highest BCUT2D eigenvalue weighted by Crippen LogP contribution is 2.16. The molecule has 0 amide bonds. The van der Waals surface area contributed by atoms with Crippen molar-refractivity contribution in [2.75, 3.05) is 13.2 Å². The number of hydrogen-bond donors (Lipinski definition) is 3. The number of aliphatic carboxylic acids is 1. The molecular formula is C45H90N2O4. The quantitative estimate of drug-likeness (QED) is 0.0428. The Bertz CT molecular complexity index is 716. The Morgan fingerprint density at radius 1 is 0.510 bits per heavy atom. The molecule has 0 bridgehead atoms. The van der Waals surface area contributed by atoms with E-state index in [9.17, 15) is 9.59 Å². The summed E-state index contributed by atoms with van der Waals surface area (Å²) < 4.78 is 5.45. The fraction of sp³-hybridized carbons (Fsp3) is 0.956. The summed E-state index contributed by atoms with van der Waals surface area (Å²) in [6, 6.07) is 0.657. The highest BCUT2D eigenvalue weighted by molar-refractivity contribution is 5.69. The van der Waals surface area contributed by atoms with Crippen molar-refractivity contribution < 1.29 is 19.4 Å². The molecule has 0 spiro atoms. The first-order valence-electron chi connectivity index (χ1n) is 22.8. The maximum absolute atomic E-state index is 12.0. The first kappa shape index (κ1) is 49.9. The van der Waals surface area contributed by atoms with Crippen molar-refractivity contribution in [3.63, 3.8) is 0 Å². The van der Waals surface area contributed by atoms with Gasteiger partial charge >= 0.3 is 11.9 Å². The van der Waals surface area contributed by atoms with Gasteiger partial charge in [0.2, 0.25) is 0 Å². The fourth-order valence-corrected chi connectivity index (χ4v) is 7.26. The topological polar surface area (TPSA) is 102 Å². The molecule has 6 heteroatoms. The van der Waals surface area contributed by atoms with E-state index in [4.69, 9.17) is 15.6 Å². The number of carbonyl (C=O) groups is 2. The first-order valence-corrected chi connectivity index (χ1v) is 22.8. The second-order valence-corrected chi connectivity index (χ2v) is 16.0. The molecule has 0 saturated heterocycles. The van der Waals surface area contributed by atoms with E-state index in [1.807, 2.05) is 0 Å². The van der Waals surface area contributed by atoms with Crippen molar-refractivity contribution in [1.29, 1.82) is 0 Å². The van der Waals surface area contributed by atoms with Gasteiger partial charge in [-0.25, -0.2) is 0 Å². The number of carbonyl (C=O) groups excluding carboxylic acids is 1. The zero-order valence-electron chi connectivity index (χ0n) is 34.5. The molecule has 0 aliphatic rings. The van der Waals surface area contributed by atoms with Crippen LogP contribution in [0.15, 0.2) is 0 Å². The zero-order chi connectivity index (χ0) is 37.3. The molecule has 0 aromatic rings. The van der Waals surface area contributed by atoms with E-state index in [2.05, 4.69) is 19.2 Å². The van der Waals surface area contributed by atoms with E-state index in [1.165, 1.54) is 193 Å². The Hall–Kier alpha value is -1.14. The highest BCUT2D eigenvalue weighted by Gasteiger charge is 2.12. The van der Waals surface area contributed by atoms with Gasteiger partial charge in [-0.1, -0.05) is 200 Å². The molecule has 2 atom stereocenters. The molecule has 304 valence electrons. The largest absolute Gasteiger partial charge is 0.481 e. The van der Waals surface area contributed by atoms with Crippen LogP contribution in [0.5, 0.6) is 0 Å². The summed E-state index contributed by atoms with van der Waals surface area (Å²) >= 11 is 0. The Labute approximate surface area is 318 Å². The predicted molar refractivity (Wildman–Crippen MR) is 221 cm³/mol. The predicted octanol–water partition coefficient (Wildman–Crippen LogP) is 13.4. The van der Waals surface area contributed by atoms with E-state index in [0.717, 1.165) is 38.6 Å². The molecule has 0 aliphatic carbocycles. The lowest BCUT2D eigenvalue weighted by atomic mass is 10.0. The van der Waals surface area contributed by atoms with Crippen LogP contribution < -0.4 is 11.1 Å². The minimum Gasteiger partial charge on any atom is -0.481 e. The molecular weight excluding hydrogens is 633 g/mol. The summed E-state index contributed by atoms with van der Waals surface area (Å²) in [6.07, 6.45) is 45.6. The van der Waals surface area contributed by atoms with Gasteiger partial charge in [0.05, 0.1) is 6.61 Å². The van der Waals surface area contributed by atoms with Gasteiger partial charge in [-0.3, -0.25) is 9.59 Å². The van der Waals surface area contributed by atoms with Crippen LogP contribution >= 0.6 is 0 Å². The van der Waals surface area contributed by atoms with Gasteiger partial charge in [-0.2, -0.15) is 0 Å². The summed E-state index contributed by atoms with van der Waals surface area (Å²) in [4.78, 5) is 22.5. The van der Waals surface area contributed by atoms with Crippen molar-refractivity contribution in [2.45, 2.75) is 264 Å². The maximum Gasteiger partial charge on any atom is 0.305 e. The Morgan fingerprint density at radius 2 is 0.863 bits per heavy atom. The molecule has 4 N–H and O–H groups in total. The molecule has 0 saturated carbocycles. The smallest absolute Gasteiger partial charge is 0.305 e. The van der Waals surface area contributed by atoms with Gasteiger partial charge in [-0.05, 0) is 45.6 Å². The van der Waals surface area contributed by atoms with Crippen molar-refractivity contribution in [3.8, 4) is 0 Å². The van der Waals surface area contributed by atoms with Gasteiger partial charge in [-0.15, -0.1) is 0 Å². The van der Waals surface area contributed by atoms with Crippen LogP contribution in [-0.2, 0) is 14.3 Å². The molecule has 2 unspecified atom stereocenters. The van der Waals surface area contributed by atoms with Crippen molar-refractivity contribution in [3.05, 3.63) is 0 Å². The number of hydrogen-bond acceptors (Lipinski definition) is 5. The summed E-state index contributed by atoms with van der Waals surface area (Å²) in [5.74, 6) is -0.656. The normalized spacial score (nSPS) is 12.7. The number of nitrogens with one attached hydrogen (secondary N) is 1. The van der Waals surface area contributed by atoms with Crippen LogP contribution in [0.25, 0.3) is 0 Å². The second-order valence-electron chi connectivity index (χ2n) is 16.0. The highest BCUT2D eigenvalue weighted by atomic mass is 16.5. The summed E-state index contributed by atoms with van der Waals surface area (Å²) in [6.45, 7) is 6.13. The standard InChI is InChI=1S/C45H90N2O4/c1-3-4-5-6-7-8-9-16-21-26-31-36-41-51-45(50)39-34-29-24-19-14-11-15-20-25-30-35-40-47-43(42(2)46)37-32-27-22-17-12-10-13-18-23-28-33-38-44(48)49/h42-43,47H,3-41,46H2,1-2H3,(H,48,49). The Kier molecular flexibility index (Phi) is 40.7. The SMILES string of the molecule is CCCCCCCCCCCCCCOC(=O)CCCCCCCCCCCCCNC(CCCCCCCCCCCCCC(=O)O)C(C)N. The van der Waals surface area contributed by atoms with E-state index in [0.29, 0.717) is 25.5 Å². The minimum atomic E-state index is -0.665. The molecule has 0 fully saturated rings. The number of nitrogens with two attached hydrogens (primary N) is 1. The summed E-state index contributed by atoms with van der Waals surface area (Å²) in [7, 11) is 0. The summed E-state index contributed by atoms with van der Waals surface area (Å²) in [5.41, 5.74) is 6.29. The number of rotatable bonds is 43. The number of esters is 1. The molecule has 0 radical (unpaired) electrons. The van der Waals surface area contributed by atoms with Gasteiger partial charge < -0.3 is 20.9 Å². The van der Waals surface area contributed by atoms with Gasteiger partial charge in [0.1, 0.15) is 0 Å². The van der Waals surface area contributed by atoms with Gasteiger partial charge in [0.25, 0.3) is 0 Å². The third-order valence-corrected chi connectivity index (χ3v) is 10.8. The van der Waals surface area contributed by atoms with Crippen LogP contribution in [0.3, 0.4) is 0 Å². The fourth-order valence-electron chi connectivity index (χ4n) is 7.26. The minimum absolute atomic E-state index is 0.00968. The van der Waals surface area contributed by atoms with E-state index in [-0.39, 0.29) is 12.0 Å². The molecule has 0 rings (SSSR count). The third-order valence-electron chi connectivity index (χ3n) is 10.8. The van der Waals surface area contributed by atoms with Crippen molar-refractivity contribution in [1.82, 2.24) is 5.32 Å². The summed E-state index contributed by atoms with van der Waals surface area (Å²) in [5, 5.41) is 12.4. The van der Waals surface area contributed by atoms with E-state index in [1.54, 1.807) is 0 Å². The van der Waals surface area contributed by atoms with E-state index < -0.39 is 5.97 Å². The van der Waals surface area contributed by atoms with Crippen LogP contribution in [0.4, 0.5) is 0 Å². The first-order chi connectivity index (χ1) is 25.0. The zero-order valence-corrected chi connectivity index (χ0v) is 34.5. The lowest BCUT2D eigenvalue weighted by molar-refractivity contribution is -0.144. The van der Waals surface area contributed by atoms with Crippen molar-refractivity contribution >= 4 is 11.9 Å². The lowest BCUT2D eigenvalue weighted by Crippen LogP contribution is -2.43. The third kappa shape index (κ3) is 41.5. The molecule has 0 heterocycles. The van der Waals surface area contributed by atoms with Gasteiger partial charge in [0.15, 0.2) is 0 Å². The number of carboxylic acid groups (broad SMARTS) is 1. The molecule has 0 aromatic heterocycles. The van der Waals surface area contributed by atoms with Gasteiger partial charge in [0, 0.05) is 24.9 Å². The van der Waals surface area contributed by atoms with Crippen LogP contribution in [-0.4, -0.2) is 42.3 Å². The molecule has 6 nitrogen and oxygen atoms in total. The molecule has 0 aliphatic heterocycles. The average Bonchev–Trinajstić information content (AvgIpc) is 3.11. The monoisotopic (exact) mass is 723 g/mol. The lowest BCUT2D eigenvalue weighted by Gasteiger charge is -2.22. The number of carboxylic acids is 1. The van der Waals surface area contributed by atoms with Crippen LogP contribution in [0.2, 0.25) is 0 Å². The molecule has 0 aromatic carbocycles. The molecule has 51 heavy (non-hydrogen) atoms. The van der Waals surface area contributed by atoms with Crippen LogP contribution in [0, 0.1) is 0 Å². The van der Waals surface area contributed by atoms with Crippen molar-refractivity contribution in [2.24, 2.45) is 5.73 Å². The van der Waals surface area contributed by atoms with Crippen LogP contribution in [0.1, 0.15) is 251 Å².